The van der Waals surface area contributed by atoms with Gasteiger partial charge in [0.15, 0.2) is 17.5 Å². The van der Waals surface area contributed by atoms with E-state index in [1.165, 1.54) is 25.5 Å². The molecular weight excluding hydrogens is 351 g/mol. The van der Waals surface area contributed by atoms with Gasteiger partial charge in [0.1, 0.15) is 7.11 Å². The third-order valence-electron chi connectivity index (χ3n) is 3.20. The first-order valence-electron chi connectivity index (χ1n) is 7.30. The van der Waals surface area contributed by atoms with Gasteiger partial charge in [0.05, 0.1) is 18.4 Å². The molecule has 9 heteroatoms. The van der Waals surface area contributed by atoms with E-state index in [9.17, 15) is 22.8 Å². The molecule has 0 heterocycles. The van der Waals surface area contributed by atoms with Crippen LogP contribution < -0.4 is 10.6 Å². The van der Waals surface area contributed by atoms with Gasteiger partial charge in [-0.3, -0.25) is 9.59 Å². The zero-order valence-electron chi connectivity index (χ0n) is 13.6. The predicted octanol–water partition coefficient (Wildman–Crippen LogP) is 2.45. The van der Waals surface area contributed by atoms with E-state index in [2.05, 4.69) is 20.6 Å². The molecule has 2 aromatic carbocycles. The Bertz CT molecular complexity index is 839. The number of nitrogens with one attached hydrogen (secondary N) is 2. The Kier molecular flexibility index (Phi) is 6.31. The largest absolute Gasteiger partial charge is 0.399 e. The van der Waals surface area contributed by atoms with E-state index in [0.717, 1.165) is 6.07 Å². The minimum atomic E-state index is -1.69. The van der Waals surface area contributed by atoms with Crippen molar-refractivity contribution in [3.8, 4) is 0 Å². The van der Waals surface area contributed by atoms with Gasteiger partial charge in [-0.05, 0) is 29.8 Å². The van der Waals surface area contributed by atoms with Crippen LogP contribution in [0.4, 0.5) is 18.9 Å². The Morgan fingerprint density at radius 3 is 2.42 bits per heavy atom. The molecule has 0 fully saturated rings. The van der Waals surface area contributed by atoms with Crippen LogP contribution >= 0.6 is 0 Å². The summed E-state index contributed by atoms with van der Waals surface area (Å²) < 4.78 is 39.4. The third-order valence-corrected chi connectivity index (χ3v) is 3.20. The van der Waals surface area contributed by atoms with Crippen LogP contribution in [-0.4, -0.2) is 31.7 Å². The quantitative estimate of drug-likeness (QED) is 0.469. The molecule has 2 N–H and O–H groups in total. The van der Waals surface area contributed by atoms with Gasteiger partial charge in [0, 0.05) is 5.56 Å². The summed E-state index contributed by atoms with van der Waals surface area (Å²) in [5.41, 5.74) is 0.464. The predicted molar refractivity (Wildman–Crippen MR) is 88.3 cm³/mol. The van der Waals surface area contributed by atoms with Crippen molar-refractivity contribution in [2.24, 2.45) is 5.16 Å². The first-order valence-corrected chi connectivity index (χ1v) is 7.30. The van der Waals surface area contributed by atoms with Gasteiger partial charge in [-0.1, -0.05) is 17.3 Å². The Hall–Kier alpha value is -3.36. The molecule has 0 atom stereocenters. The van der Waals surface area contributed by atoms with E-state index in [4.69, 9.17) is 0 Å². The SMILES string of the molecule is CO/N=C/c1ccc(C(=O)NCC(=O)Nc2ccc(F)c(F)c2F)cc1. The average Bonchev–Trinajstić information content (AvgIpc) is 2.65. The number of carbonyl (C=O) groups is 2. The number of benzene rings is 2. The average molecular weight is 365 g/mol. The normalized spacial score (nSPS) is 10.6. The molecule has 0 radical (unpaired) electrons. The van der Waals surface area contributed by atoms with Crippen molar-refractivity contribution >= 4 is 23.7 Å². The minimum Gasteiger partial charge on any atom is -0.399 e. The zero-order chi connectivity index (χ0) is 19.1. The summed E-state index contributed by atoms with van der Waals surface area (Å²) in [7, 11) is 1.40. The topological polar surface area (TPSA) is 79.8 Å². The standard InChI is InChI=1S/C17H14F3N3O3/c1-26-22-8-10-2-4-11(5-3-10)17(25)21-9-14(24)23-13-7-6-12(18)15(19)16(13)20/h2-8H,9H2,1H3,(H,21,25)(H,23,24)/b22-8+. The molecule has 2 rings (SSSR count). The third kappa shape index (κ3) is 4.82. The second-order valence-electron chi connectivity index (χ2n) is 4.99. The molecule has 0 aliphatic rings. The monoisotopic (exact) mass is 365 g/mol. The number of amides is 2. The van der Waals surface area contributed by atoms with Crippen molar-refractivity contribution in [1.29, 1.82) is 0 Å². The Morgan fingerprint density at radius 1 is 1.08 bits per heavy atom. The van der Waals surface area contributed by atoms with Gasteiger partial charge < -0.3 is 15.5 Å². The molecule has 136 valence electrons. The molecule has 2 aromatic rings. The molecule has 26 heavy (non-hydrogen) atoms. The Labute approximate surface area is 146 Å². The number of carbonyl (C=O) groups excluding carboxylic acids is 2. The van der Waals surface area contributed by atoms with Crippen molar-refractivity contribution in [1.82, 2.24) is 5.32 Å². The van der Waals surface area contributed by atoms with Gasteiger partial charge in [0.2, 0.25) is 5.91 Å². The molecule has 6 nitrogen and oxygen atoms in total. The summed E-state index contributed by atoms with van der Waals surface area (Å²) in [5, 5.41) is 7.95. The van der Waals surface area contributed by atoms with E-state index >= 15 is 0 Å². The summed E-state index contributed by atoms with van der Waals surface area (Å²) in [6, 6.07) is 7.83. The number of hydrogen-bond acceptors (Lipinski definition) is 4. The maximum absolute atomic E-state index is 13.5. The summed E-state index contributed by atoms with van der Waals surface area (Å²) in [4.78, 5) is 28.2. The second-order valence-corrected chi connectivity index (χ2v) is 4.99. The van der Waals surface area contributed by atoms with E-state index in [-0.39, 0.29) is 5.56 Å². The molecule has 0 saturated carbocycles. The molecule has 0 spiro atoms. The lowest BCUT2D eigenvalue weighted by Crippen LogP contribution is -2.33. The van der Waals surface area contributed by atoms with Gasteiger partial charge in [-0.15, -0.1) is 0 Å². The fourth-order valence-corrected chi connectivity index (χ4v) is 1.91. The number of nitrogens with zero attached hydrogens (tertiary/aromatic N) is 1. The van der Waals surface area contributed by atoms with Crippen LogP contribution in [0, 0.1) is 17.5 Å². The van der Waals surface area contributed by atoms with Crippen LogP contribution in [0.2, 0.25) is 0 Å². The second kappa shape index (κ2) is 8.65. The van der Waals surface area contributed by atoms with Crippen molar-refractivity contribution in [3.05, 3.63) is 65.0 Å². The van der Waals surface area contributed by atoms with E-state index in [0.29, 0.717) is 11.6 Å². The number of oxime groups is 1. The number of hydrogen-bond donors (Lipinski definition) is 2. The maximum Gasteiger partial charge on any atom is 0.251 e. The molecule has 0 saturated heterocycles. The van der Waals surface area contributed by atoms with Crippen molar-refractivity contribution in [3.63, 3.8) is 0 Å². The lowest BCUT2D eigenvalue weighted by Gasteiger charge is -2.08. The van der Waals surface area contributed by atoms with E-state index in [1.807, 2.05) is 0 Å². The van der Waals surface area contributed by atoms with Gasteiger partial charge in [-0.2, -0.15) is 0 Å². The highest BCUT2D eigenvalue weighted by atomic mass is 19.2. The van der Waals surface area contributed by atoms with Crippen LogP contribution in [0.1, 0.15) is 15.9 Å². The lowest BCUT2D eigenvalue weighted by atomic mass is 10.1. The summed E-state index contributed by atoms with van der Waals surface area (Å²) in [6.07, 6.45) is 1.45. The van der Waals surface area contributed by atoms with Crippen LogP contribution in [0.15, 0.2) is 41.6 Å². The number of anilines is 1. The Balaban J connectivity index is 1.91. The fourth-order valence-electron chi connectivity index (χ4n) is 1.91. The van der Waals surface area contributed by atoms with Crippen LogP contribution in [0.5, 0.6) is 0 Å². The van der Waals surface area contributed by atoms with Crippen molar-refractivity contribution in [2.45, 2.75) is 0 Å². The smallest absolute Gasteiger partial charge is 0.251 e. The molecule has 2 amide bonds. The zero-order valence-corrected chi connectivity index (χ0v) is 13.6. The van der Waals surface area contributed by atoms with E-state index in [1.54, 1.807) is 12.1 Å². The summed E-state index contributed by atoms with van der Waals surface area (Å²) in [5.74, 6) is -5.91. The number of halogens is 3. The molecule has 0 bridgehead atoms. The highest BCUT2D eigenvalue weighted by Crippen LogP contribution is 2.19. The Morgan fingerprint density at radius 2 is 1.77 bits per heavy atom. The van der Waals surface area contributed by atoms with Gasteiger partial charge >= 0.3 is 0 Å². The molecule has 0 unspecified atom stereocenters. The van der Waals surface area contributed by atoms with Crippen LogP contribution in [0.3, 0.4) is 0 Å². The molecule has 0 aliphatic carbocycles. The fraction of sp³-hybridized carbons (Fsp3) is 0.118. The first-order chi connectivity index (χ1) is 12.4. The molecular formula is C17H14F3N3O3. The highest BCUT2D eigenvalue weighted by Gasteiger charge is 2.15. The van der Waals surface area contributed by atoms with Gasteiger partial charge in [0.25, 0.3) is 5.91 Å². The maximum atomic E-state index is 13.5. The molecule has 0 aliphatic heterocycles. The van der Waals surface area contributed by atoms with Gasteiger partial charge in [-0.25, -0.2) is 13.2 Å². The number of rotatable bonds is 6. The summed E-state index contributed by atoms with van der Waals surface area (Å²) in [6.45, 7) is -0.482. The van der Waals surface area contributed by atoms with Crippen molar-refractivity contribution < 1.29 is 27.6 Å². The lowest BCUT2D eigenvalue weighted by molar-refractivity contribution is -0.115. The highest BCUT2D eigenvalue weighted by molar-refractivity contribution is 5.99. The van der Waals surface area contributed by atoms with Crippen molar-refractivity contribution in [2.75, 3.05) is 19.0 Å². The first kappa shape index (κ1) is 19.0. The van der Waals surface area contributed by atoms with Crippen LogP contribution in [-0.2, 0) is 9.63 Å². The minimum absolute atomic E-state index is 0.284. The van der Waals surface area contributed by atoms with Crippen LogP contribution in [0.25, 0.3) is 0 Å². The summed E-state index contributed by atoms with van der Waals surface area (Å²) >= 11 is 0. The van der Waals surface area contributed by atoms with E-state index < -0.39 is 41.5 Å². The molecule has 0 aromatic heterocycles.